The van der Waals surface area contributed by atoms with Gasteiger partial charge in [0.2, 0.25) is 0 Å². The molecule has 0 aliphatic rings. The van der Waals surface area contributed by atoms with Gasteiger partial charge in [0, 0.05) is 18.7 Å². The van der Waals surface area contributed by atoms with E-state index in [4.69, 9.17) is 0 Å². The molecule has 0 radical (unpaired) electrons. The Morgan fingerprint density at radius 3 is 2.13 bits per heavy atom. The molecule has 0 fully saturated rings. The van der Waals surface area contributed by atoms with Crippen LogP contribution in [0.3, 0.4) is 0 Å². The Morgan fingerprint density at radius 2 is 1.43 bits per heavy atom. The highest BCUT2D eigenvalue weighted by Crippen LogP contribution is 2.15. The lowest BCUT2D eigenvalue weighted by Gasteiger charge is -2.18. The minimum absolute atomic E-state index is 0.0301. The first-order chi connectivity index (χ1) is 14.8. The van der Waals surface area contributed by atoms with Crippen LogP contribution in [0, 0.1) is 5.92 Å². The maximum atomic E-state index is 12.3. The Kier molecular flexibility index (Phi) is 12.6. The van der Waals surface area contributed by atoms with Gasteiger partial charge in [0.25, 0.3) is 5.91 Å². The standard InChI is InChI=1S/C27H40N2O/c1-2-3-4-5-6-7-10-17-25(23-28-22-24-15-11-8-12-16-24)20-21-29-27(30)26-18-13-9-14-19-26/h8-9,11-16,18-19,25,28H,2-7,10,17,20-23H2,1H3,(H,29,30). The van der Waals surface area contributed by atoms with Crippen molar-refractivity contribution in [3.8, 4) is 0 Å². The summed E-state index contributed by atoms with van der Waals surface area (Å²) in [5.74, 6) is 0.628. The van der Waals surface area contributed by atoms with Gasteiger partial charge in [-0.05, 0) is 43.0 Å². The Hall–Kier alpha value is -2.13. The third-order valence-corrected chi connectivity index (χ3v) is 5.70. The van der Waals surface area contributed by atoms with E-state index in [9.17, 15) is 4.79 Å². The number of hydrogen-bond acceptors (Lipinski definition) is 2. The van der Waals surface area contributed by atoms with E-state index in [1.165, 1.54) is 56.9 Å². The molecule has 0 aromatic heterocycles. The van der Waals surface area contributed by atoms with E-state index in [-0.39, 0.29) is 5.91 Å². The Morgan fingerprint density at radius 1 is 0.800 bits per heavy atom. The van der Waals surface area contributed by atoms with Gasteiger partial charge in [-0.2, -0.15) is 0 Å². The van der Waals surface area contributed by atoms with E-state index >= 15 is 0 Å². The average Bonchev–Trinajstić information content (AvgIpc) is 2.79. The summed E-state index contributed by atoms with van der Waals surface area (Å²) in [6.07, 6.45) is 11.7. The van der Waals surface area contributed by atoms with Crippen molar-refractivity contribution in [2.75, 3.05) is 13.1 Å². The van der Waals surface area contributed by atoms with E-state index in [0.29, 0.717) is 5.92 Å². The van der Waals surface area contributed by atoms with Crippen molar-refractivity contribution in [3.63, 3.8) is 0 Å². The molecule has 2 rings (SSSR count). The van der Waals surface area contributed by atoms with Crippen molar-refractivity contribution in [1.29, 1.82) is 0 Å². The zero-order valence-electron chi connectivity index (χ0n) is 18.7. The molecule has 0 aliphatic heterocycles. The van der Waals surface area contributed by atoms with Gasteiger partial charge in [-0.25, -0.2) is 0 Å². The van der Waals surface area contributed by atoms with Crippen LogP contribution in [0.4, 0.5) is 0 Å². The average molecular weight is 409 g/mol. The van der Waals surface area contributed by atoms with E-state index in [1.807, 2.05) is 30.3 Å². The fourth-order valence-corrected chi connectivity index (χ4v) is 3.84. The summed E-state index contributed by atoms with van der Waals surface area (Å²) < 4.78 is 0. The molecule has 1 atom stereocenters. The van der Waals surface area contributed by atoms with Crippen LogP contribution in [0.25, 0.3) is 0 Å². The molecule has 2 N–H and O–H groups in total. The Bertz CT molecular complexity index is 672. The summed E-state index contributed by atoms with van der Waals surface area (Å²) in [5.41, 5.74) is 2.06. The van der Waals surface area contributed by atoms with Crippen LogP contribution in [0.5, 0.6) is 0 Å². The number of carbonyl (C=O) groups is 1. The Labute approximate surface area is 183 Å². The lowest BCUT2D eigenvalue weighted by molar-refractivity contribution is 0.0951. The highest BCUT2D eigenvalue weighted by atomic mass is 16.1. The summed E-state index contributed by atoms with van der Waals surface area (Å²) in [7, 11) is 0. The second-order valence-corrected chi connectivity index (χ2v) is 8.30. The van der Waals surface area contributed by atoms with Gasteiger partial charge in [0.15, 0.2) is 0 Å². The number of carbonyl (C=O) groups excluding carboxylic acids is 1. The van der Waals surface area contributed by atoms with Crippen molar-refractivity contribution >= 4 is 5.91 Å². The molecule has 0 saturated heterocycles. The first kappa shape index (κ1) is 24.1. The highest BCUT2D eigenvalue weighted by molar-refractivity contribution is 5.94. The zero-order chi connectivity index (χ0) is 21.3. The van der Waals surface area contributed by atoms with Gasteiger partial charge in [0.1, 0.15) is 0 Å². The largest absolute Gasteiger partial charge is 0.352 e. The molecular formula is C27H40N2O. The normalized spacial score (nSPS) is 11.9. The maximum absolute atomic E-state index is 12.3. The lowest BCUT2D eigenvalue weighted by atomic mass is 9.96. The quantitative estimate of drug-likeness (QED) is 0.318. The van der Waals surface area contributed by atoms with Gasteiger partial charge in [-0.15, -0.1) is 0 Å². The van der Waals surface area contributed by atoms with E-state index in [2.05, 4.69) is 47.9 Å². The van der Waals surface area contributed by atoms with Crippen molar-refractivity contribution in [1.82, 2.24) is 10.6 Å². The monoisotopic (exact) mass is 408 g/mol. The fraction of sp³-hybridized carbons (Fsp3) is 0.519. The van der Waals surface area contributed by atoms with Crippen LogP contribution in [0.15, 0.2) is 60.7 Å². The number of rotatable bonds is 16. The van der Waals surface area contributed by atoms with Crippen LogP contribution >= 0.6 is 0 Å². The molecule has 1 amide bonds. The smallest absolute Gasteiger partial charge is 0.251 e. The van der Waals surface area contributed by atoms with E-state index in [1.54, 1.807) is 0 Å². The zero-order valence-corrected chi connectivity index (χ0v) is 18.7. The second-order valence-electron chi connectivity index (χ2n) is 8.30. The third kappa shape index (κ3) is 10.6. The molecule has 30 heavy (non-hydrogen) atoms. The van der Waals surface area contributed by atoms with Gasteiger partial charge in [-0.1, -0.05) is 100 Å². The minimum atomic E-state index is 0.0301. The molecule has 0 aliphatic carbocycles. The van der Waals surface area contributed by atoms with Crippen LogP contribution in [0.2, 0.25) is 0 Å². The summed E-state index contributed by atoms with van der Waals surface area (Å²) >= 11 is 0. The van der Waals surface area contributed by atoms with Crippen molar-refractivity contribution in [2.45, 2.75) is 71.3 Å². The first-order valence-electron chi connectivity index (χ1n) is 11.9. The van der Waals surface area contributed by atoms with Gasteiger partial charge >= 0.3 is 0 Å². The lowest BCUT2D eigenvalue weighted by Crippen LogP contribution is -2.29. The molecule has 3 nitrogen and oxygen atoms in total. The number of nitrogens with one attached hydrogen (secondary N) is 2. The number of benzene rings is 2. The summed E-state index contributed by atoms with van der Waals surface area (Å²) in [4.78, 5) is 12.3. The predicted molar refractivity (Wildman–Crippen MR) is 128 cm³/mol. The summed E-state index contributed by atoms with van der Waals surface area (Å²) in [5, 5.41) is 6.72. The molecule has 2 aromatic rings. The van der Waals surface area contributed by atoms with Gasteiger partial charge in [0.05, 0.1) is 0 Å². The number of unbranched alkanes of at least 4 members (excludes halogenated alkanes) is 6. The van der Waals surface area contributed by atoms with Crippen LogP contribution in [-0.4, -0.2) is 19.0 Å². The number of hydrogen-bond donors (Lipinski definition) is 2. The molecular weight excluding hydrogens is 368 g/mol. The molecule has 3 heteroatoms. The maximum Gasteiger partial charge on any atom is 0.251 e. The second kappa shape index (κ2) is 15.7. The Balaban J connectivity index is 1.70. The highest BCUT2D eigenvalue weighted by Gasteiger charge is 2.10. The van der Waals surface area contributed by atoms with Crippen molar-refractivity contribution in [3.05, 3.63) is 71.8 Å². The molecule has 164 valence electrons. The molecule has 1 unspecified atom stereocenters. The summed E-state index contributed by atoms with van der Waals surface area (Å²) in [6, 6.07) is 20.1. The van der Waals surface area contributed by atoms with Gasteiger partial charge in [-0.3, -0.25) is 4.79 Å². The molecule has 2 aromatic carbocycles. The SMILES string of the molecule is CCCCCCCCCC(CCNC(=O)c1ccccc1)CNCc1ccccc1. The van der Waals surface area contributed by atoms with E-state index < -0.39 is 0 Å². The molecule has 0 heterocycles. The third-order valence-electron chi connectivity index (χ3n) is 5.70. The van der Waals surface area contributed by atoms with Crippen LogP contribution in [-0.2, 0) is 6.54 Å². The van der Waals surface area contributed by atoms with Gasteiger partial charge < -0.3 is 10.6 Å². The predicted octanol–water partition coefficient (Wildman–Crippen LogP) is 6.35. The molecule has 0 spiro atoms. The molecule has 0 saturated carbocycles. The van der Waals surface area contributed by atoms with Crippen molar-refractivity contribution in [2.24, 2.45) is 5.92 Å². The van der Waals surface area contributed by atoms with Crippen LogP contribution < -0.4 is 10.6 Å². The first-order valence-corrected chi connectivity index (χ1v) is 11.9. The topological polar surface area (TPSA) is 41.1 Å². The van der Waals surface area contributed by atoms with Crippen molar-refractivity contribution < 1.29 is 4.79 Å². The number of amides is 1. The summed E-state index contributed by atoms with van der Waals surface area (Å²) in [6.45, 7) is 4.92. The minimum Gasteiger partial charge on any atom is -0.352 e. The van der Waals surface area contributed by atoms with E-state index in [0.717, 1.165) is 31.6 Å². The molecule has 0 bridgehead atoms. The fourth-order valence-electron chi connectivity index (χ4n) is 3.84. The van der Waals surface area contributed by atoms with Crippen LogP contribution in [0.1, 0.15) is 80.6 Å².